The summed E-state index contributed by atoms with van der Waals surface area (Å²) in [6.07, 6.45) is 0. The second-order valence-corrected chi connectivity index (χ2v) is 5.70. The van der Waals surface area contributed by atoms with Crippen molar-refractivity contribution < 1.29 is 9.47 Å². The van der Waals surface area contributed by atoms with Gasteiger partial charge in [-0.3, -0.25) is 0 Å². The average molecular weight is 496 g/mol. The van der Waals surface area contributed by atoms with Gasteiger partial charge in [0.1, 0.15) is 11.5 Å². The van der Waals surface area contributed by atoms with Crippen molar-refractivity contribution >= 4 is 58.8 Å². The van der Waals surface area contributed by atoms with Gasteiger partial charge in [0, 0.05) is 16.3 Å². The standard InChI is InChI=1S/C17H19Cl2N3O2.HI/c1-3-24-16-8-12(18)5-4-11(16)10-21-17(20)22-13-6-7-15(23-2)14(19)9-13;/h4-9H,3,10H2,1-2H3,(H3,20,21,22);1H. The fraction of sp³-hybridized carbons (Fsp3) is 0.235. The molecule has 0 spiro atoms. The highest BCUT2D eigenvalue weighted by molar-refractivity contribution is 14.0. The minimum Gasteiger partial charge on any atom is -0.495 e. The van der Waals surface area contributed by atoms with Crippen LogP contribution in [0.4, 0.5) is 5.69 Å². The fourth-order valence-corrected chi connectivity index (χ4v) is 2.47. The Kier molecular flexibility index (Phi) is 9.16. The van der Waals surface area contributed by atoms with E-state index in [0.717, 1.165) is 11.3 Å². The molecular weight excluding hydrogens is 476 g/mol. The third-order valence-electron chi connectivity index (χ3n) is 3.17. The van der Waals surface area contributed by atoms with Crippen LogP contribution in [-0.4, -0.2) is 19.7 Å². The van der Waals surface area contributed by atoms with Gasteiger partial charge in [0.25, 0.3) is 0 Å². The summed E-state index contributed by atoms with van der Waals surface area (Å²) in [4.78, 5) is 4.32. The van der Waals surface area contributed by atoms with E-state index in [1.165, 1.54) is 0 Å². The lowest BCUT2D eigenvalue weighted by Gasteiger charge is -2.10. The molecule has 25 heavy (non-hydrogen) atoms. The van der Waals surface area contributed by atoms with Gasteiger partial charge in [0.15, 0.2) is 5.96 Å². The normalized spacial score (nSPS) is 10.8. The third kappa shape index (κ3) is 6.45. The van der Waals surface area contributed by atoms with Crippen LogP contribution in [0.15, 0.2) is 41.4 Å². The van der Waals surface area contributed by atoms with Crippen molar-refractivity contribution in [2.24, 2.45) is 10.7 Å². The predicted molar refractivity (Wildman–Crippen MR) is 115 cm³/mol. The summed E-state index contributed by atoms with van der Waals surface area (Å²) in [5.41, 5.74) is 7.55. The lowest BCUT2D eigenvalue weighted by atomic mass is 10.2. The van der Waals surface area contributed by atoms with Gasteiger partial charge >= 0.3 is 0 Å². The van der Waals surface area contributed by atoms with Crippen molar-refractivity contribution in [3.05, 3.63) is 52.0 Å². The largest absolute Gasteiger partial charge is 0.495 e. The first-order valence-corrected chi connectivity index (χ1v) is 8.10. The highest BCUT2D eigenvalue weighted by Crippen LogP contribution is 2.27. The molecule has 2 aromatic carbocycles. The summed E-state index contributed by atoms with van der Waals surface area (Å²) in [6, 6.07) is 10.7. The van der Waals surface area contributed by atoms with Gasteiger partial charge in [-0.15, -0.1) is 24.0 Å². The number of rotatable bonds is 6. The zero-order chi connectivity index (χ0) is 17.5. The lowest BCUT2D eigenvalue weighted by molar-refractivity contribution is 0.336. The van der Waals surface area contributed by atoms with Gasteiger partial charge in [0.05, 0.1) is 25.3 Å². The van der Waals surface area contributed by atoms with Crippen molar-refractivity contribution in [2.75, 3.05) is 19.0 Å². The number of anilines is 1. The molecule has 136 valence electrons. The number of ether oxygens (including phenoxy) is 2. The van der Waals surface area contributed by atoms with Crippen LogP contribution >= 0.6 is 47.2 Å². The maximum absolute atomic E-state index is 6.08. The van der Waals surface area contributed by atoms with Crippen LogP contribution in [0, 0.1) is 0 Å². The van der Waals surface area contributed by atoms with E-state index >= 15 is 0 Å². The molecule has 2 rings (SSSR count). The maximum Gasteiger partial charge on any atom is 0.193 e. The SMILES string of the molecule is CCOc1cc(Cl)ccc1CN=C(N)Nc1ccc(OC)c(Cl)c1.I. The van der Waals surface area contributed by atoms with Crippen molar-refractivity contribution in [1.29, 1.82) is 0 Å². The van der Waals surface area contributed by atoms with Crippen molar-refractivity contribution in [2.45, 2.75) is 13.5 Å². The molecule has 0 aliphatic heterocycles. The van der Waals surface area contributed by atoms with Crippen LogP contribution in [-0.2, 0) is 6.54 Å². The Balaban J connectivity index is 0.00000312. The summed E-state index contributed by atoms with van der Waals surface area (Å²) < 4.78 is 10.7. The highest BCUT2D eigenvalue weighted by atomic mass is 127. The molecule has 0 heterocycles. The summed E-state index contributed by atoms with van der Waals surface area (Å²) in [5, 5.41) is 4.10. The summed E-state index contributed by atoms with van der Waals surface area (Å²) >= 11 is 12.1. The average Bonchev–Trinajstić information content (AvgIpc) is 2.54. The molecule has 2 aromatic rings. The monoisotopic (exact) mass is 495 g/mol. The maximum atomic E-state index is 6.08. The fourth-order valence-electron chi connectivity index (χ4n) is 2.05. The first-order chi connectivity index (χ1) is 11.5. The van der Waals surface area contributed by atoms with Crippen LogP contribution in [0.3, 0.4) is 0 Å². The van der Waals surface area contributed by atoms with Crippen LogP contribution < -0.4 is 20.5 Å². The van der Waals surface area contributed by atoms with E-state index in [-0.39, 0.29) is 29.9 Å². The van der Waals surface area contributed by atoms with E-state index < -0.39 is 0 Å². The van der Waals surface area contributed by atoms with Crippen molar-refractivity contribution in [3.63, 3.8) is 0 Å². The Morgan fingerprint density at radius 3 is 2.56 bits per heavy atom. The number of nitrogens with zero attached hydrogens (tertiary/aromatic N) is 1. The Hall–Kier alpha value is -1.38. The highest BCUT2D eigenvalue weighted by Gasteiger charge is 2.05. The van der Waals surface area contributed by atoms with Gasteiger partial charge in [-0.25, -0.2) is 4.99 Å². The predicted octanol–water partition coefficient (Wildman–Crippen LogP) is 4.95. The van der Waals surface area contributed by atoms with E-state index in [9.17, 15) is 0 Å². The topological polar surface area (TPSA) is 68.9 Å². The van der Waals surface area contributed by atoms with E-state index in [2.05, 4.69) is 10.3 Å². The summed E-state index contributed by atoms with van der Waals surface area (Å²) in [5.74, 6) is 1.57. The molecule has 0 amide bonds. The molecule has 3 N–H and O–H groups in total. The number of aliphatic imine (C=N–C) groups is 1. The van der Waals surface area contributed by atoms with Gasteiger partial charge < -0.3 is 20.5 Å². The van der Waals surface area contributed by atoms with E-state index in [4.69, 9.17) is 38.4 Å². The second-order valence-electron chi connectivity index (χ2n) is 4.86. The van der Waals surface area contributed by atoms with Crippen LogP contribution in [0.5, 0.6) is 11.5 Å². The van der Waals surface area contributed by atoms with E-state index in [0.29, 0.717) is 34.7 Å². The third-order valence-corrected chi connectivity index (χ3v) is 3.70. The lowest BCUT2D eigenvalue weighted by Crippen LogP contribution is -2.22. The van der Waals surface area contributed by atoms with Gasteiger partial charge in [-0.05, 0) is 37.3 Å². The molecule has 0 aromatic heterocycles. The number of hydrogen-bond acceptors (Lipinski definition) is 3. The van der Waals surface area contributed by atoms with Crippen LogP contribution in [0.1, 0.15) is 12.5 Å². The molecular formula is C17H20Cl2IN3O2. The molecule has 0 bridgehead atoms. The van der Waals surface area contributed by atoms with Crippen molar-refractivity contribution in [3.8, 4) is 11.5 Å². The number of nitrogens with one attached hydrogen (secondary N) is 1. The number of guanidine groups is 1. The Labute approximate surface area is 174 Å². The summed E-state index contributed by atoms with van der Waals surface area (Å²) in [6.45, 7) is 2.83. The molecule has 0 atom stereocenters. The number of nitrogens with two attached hydrogens (primary N) is 1. The van der Waals surface area contributed by atoms with Crippen LogP contribution in [0.25, 0.3) is 0 Å². The minimum atomic E-state index is 0. The zero-order valence-electron chi connectivity index (χ0n) is 13.9. The molecule has 0 aliphatic carbocycles. The minimum absolute atomic E-state index is 0. The quantitative estimate of drug-likeness (QED) is 0.338. The van der Waals surface area contributed by atoms with Gasteiger partial charge in [-0.2, -0.15) is 0 Å². The van der Waals surface area contributed by atoms with E-state index in [1.807, 2.05) is 13.0 Å². The molecule has 0 saturated heterocycles. The Morgan fingerprint density at radius 2 is 1.92 bits per heavy atom. The molecule has 0 saturated carbocycles. The number of methoxy groups -OCH3 is 1. The zero-order valence-corrected chi connectivity index (χ0v) is 17.7. The molecule has 0 aliphatic rings. The Morgan fingerprint density at radius 1 is 1.16 bits per heavy atom. The van der Waals surface area contributed by atoms with E-state index in [1.54, 1.807) is 37.4 Å². The molecule has 0 unspecified atom stereocenters. The number of halogens is 3. The number of benzene rings is 2. The first-order valence-electron chi connectivity index (χ1n) is 7.35. The van der Waals surface area contributed by atoms with Crippen LogP contribution in [0.2, 0.25) is 10.0 Å². The van der Waals surface area contributed by atoms with Gasteiger partial charge in [-0.1, -0.05) is 29.3 Å². The Bertz CT molecular complexity index is 742. The first kappa shape index (κ1) is 21.7. The summed E-state index contributed by atoms with van der Waals surface area (Å²) in [7, 11) is 1.56. The smallest absolute Gasteiger partial charge is 0.193 e. The van der Waals surface area contributed by atoms with Crippen molar-refractivity contribution in [1.82, 2.24) is 0 Å². The second kappa shape index (κ2) is 10.6. The van der Waals surface area contributed by atoms with Gasteiger partial charge in [0.2, 0.25) is 0 Å². The number of hydrogen-bond donors (Lipinski definition) is 2. The molecule has 0 fully saturated rings. The molecule has 0 radical (unpaired) electrons. The molecule has 5 nitrogen and oxygen atoms in total. The molecule has 8 heteroatoms.